The summed E-state index contributed by atoms with van der Waals surface area (Å²) in [6.07, 6.45) is -0.276. The van der Waals surface area contributed by atoms with Gasteiger partial charge in [-0.2, -0.15) is 4.68 Å². The van der Waals surface area contributed by atoms with Gasteiger partial charge in [0, 0.05) is 10.8 Å². The van der Waals surface area contributed by atoms with Crippen LogP contribution in [0.2, 0.25) is 0 Å². The van der Waals surface area contributed by atoms with E-state index in [1.54, 1.807) is 44.2 Å². The van der Waals surface area contributed by atoms with E-state index in [4.69, 9.17) is 10.5 Å². The molecule has 7 nitrogen and oxygen atoms in total. The molecule has 0 saturated carbocycles. The van der Waals surface area contributed by atoms with Gasteiger partial charge in [0.25, 0.3) is 0 Å². The van der Waals surface area contributed by atoms with Crippen molar-refractivity contribution in [1.29, 1.82) is 0 Å². The first-order chi connectivity index (χ1) is 11.0. The molecule has 23 heavy (non-hydrogen) atoms. The summed E-state index contributed by atoms with van der Waals surface area (Å²) < 4.78 is 6.46. The topological polar surface area (TPSA) is 103 Å². The molecule has 0 aliphatic heterocycles. The van der Waals surface area contributed by atoms with Gasteiger partial charge in [0.15, 0.2) is 5.82 Å². The Balaban J connectivity index is 2.12. The van der Waals surface area contributed by atoms with Gasteiger partial charge >= 0.3 is 5.97 Å². The number of phenols is 1. The molecule has 0 bridgehead atoms. The Labute approximate surface area is 132 Å². The first kappa shape index (κ1) is 14.8. The van der Waals surface area contributed by atoms with Crippen LogP contribution in [0.1, 0.15) is 24.3 Å². The maximum absolute atomic E-state index is 12.0. The minimum atomic E-state index is -0.619. The van der Waals surface area contributed by atoms with Crippen LogP contribution in [0.15, 0.2) is 36.4 Å². The second kappa shape index (κ2) is 5.60. The smallest absolute Gasteiger partial charge is 0.363 e. The third-order valence-electron chi connectivity index (χ3n) is 3.35. The summed E-state index contributed by atoms with van der Waals surface area (Å²) in [5, 5.41) is 19.1. The fraction of sp³-hybridized carbons (Fsp3) is 0.188. The molecule has 2 aromatic carbocycles. The zero-order valence-corrected chi connectivity index (χ0v) is 12.7. The van der Waals surface area contributed by atoms with Crippen molar-refractivity contribution in [2.24, 2.45) is 0 Å². The monoisotopic (exact) mass is 312 g/mol. The molecule has 3 aromatic rings. The Kier molecular flexibility index (Phi) is 3.61. The summed E-state index contributed by atoms with van der Waals surface area (Å²) in [4.78, 5) is 12.0. The molecule has 0 spiro atoms. The highest BCUT2D eigenvalue weighted by molar-refractivity contribution is 5.96. The fourth-order valence-corrected chi connectivity index (χ4v) is 2.34. The molecule has 7 heteroatoms. The molecular weight excluding hydrogens is 296 g/mol. The Morgan fingerprint density at radius 3 is 2.65 bits per heavy atom. The molecule has 1 heterocycles. The van der Waals surface area contributed by atoms with E-state index in [-0.39, 0.29) is 23.4 Å². The molecule has 1 aromatic heterocycles. The van der Waals surface area contributed by atoms with Crippen LogP contribution in [0, 0.1) is 0 Å². The van der Waals surface area contributed by atoms with Crippen molar-refractivity contribution >= 4 is 22.6 Å². The van der Waals surface area contributed by atoms with Gasteiger partial charge in [-0.3, -0.25) is 0 Å². The summed E-state index contributed by atoms with van der Waals surface area (Å²) >= 11 is 0. The van der Waals surface area contributed by atoms with E-state index in [2.05, 4.69) is 10.3 Å². The molecule has 0 unspecified atom stereocenters. The Hall–Kier alpha value is -3.09. The van der Waals surface area contributed by atoms with Gasteiger partial charge in [0.05, 0.1) is 11.8 Å². The fourth-order valence-electron chi connectivity index (χ4n) is 2.34. The van der Waals surface area contributed by atoms with E-state index in [1.165, 1.54) is 4.68 Å². The molecular formula is C16H16N4O3. The lowest BCUT2D eigenvalue weighted by Gasteiger charge is -2.09. The van der Waals surface area contributed by atoms with Gasteiger partial charge in [0.1, 0.15) is 5.75 Å². The third kappa shape index (κ3) is 2.57. The van der Waals surface area contributed by atoms with Crippen molar-refractivity contribution in [3.05, 3.63) is 42.1 Å². The summed E-state index contributed by atoms with van der Waals surface area (Å²) in [7, 11) is 0. The molecule has 0 saturated heterocycles. The predicted molar refractivity (Wildman–Crippen MR) is 85.5 cm³/mol. The number of ether oxygens (including phenoxy) is 1. The van der Waals surface area contributed by atoms with Crippen molar-refractivity contribution in [3.8, 4) is 11.4 Å². The third-order valence-corrected chi connectivity index (χ3v) is 3.35. The van der Waals surface area contributed by atoms with Crippen molar-refractivity contribution in [2.45, 2.75) is 20.0 Å². The van der Waals surface area contributed by atoms with Gasteiger partial charge < -0.3 is 15.6 Å². The van der Waals surface area contributed by atoms with E-state index in [9.17, 15) is 9.90 Å². The first-order valence-electron chi connectivity index (χ1n) is 7.12. The number of carbonyl (C=O) groups excluding carboxylic acids is 1. The van der Waals surface area contributed by atoms with Crippen LogP contribution in [0.25, 0.3) is 16.5 Å². The standard InChI is InChI=1S/C16H16N4O3/c1-9(2)23-16(22)14-15(17)20(19-18-14)12-7-3-6-11-10(12)5-4-8-13(11)21/h3-9,21H,17H2,1-2H3. The Morgan fingerprint density at radius 2 is 1.91 bits per heavy atom. The number of nitrogens with zero attached hydrogens (tertiary/aromatic N) is 3. The molecule has 3 N–H and O–H groups in total. The maximum Gasteiger partial charge on any atom is 0.363 e. The number of nitrogen functional groups attached to an aromatic ring is 1. The molecule has 3 rings (SSSR count). The highest BCUT2D eigenvalue weighted by Crippen LogP contribution is 2.30. The lowest BCUT2D eigenvalue weighted by atomic mass is 10.1. The van der Waals surface area contributed by atoms with E-state index in [1.807, 2.05) is 6.07 Å². The number of rotatable bonds is 3. The van der Waals surface area contributed by atoms with Crippen molar-refractivity contribution < 1.29 is 14.6 Å². The number of fused-ring (bicyclic) bond motifs is 1. The van der Waals surface area contributed by atoms with E-state index in [0.29, 0.717) is 11.1 Å². The number of anilines is 1. The summed E-state index contributed by atoms with van der Waals surface area (Å²) in [6, 6.07) is 10.5. The van der Waals surface area contributed by atoms with E-state index in [0.717, 1.165) is 5.39 Å². The number of aromatic nitrogens is 3. The number of nitrogens with two attached hydrogens (primary N) is 1. The first-order valence-corrected chi connectivity index (χ1v) is 7.12. The quantitative estimate of drug-likeness (QED) is 0.719. The van der Waals surface area contributed by atoms with Gasteiger partial charge in [-0.1, -0.05) is 29.5 Å². The zero-order chi connectivity index (χ0) is 16.6. The van der Waals surface area contributed by atoms with E-state index >= 15 is 0 Å². The summed E-state index contributed by atoms with van der Waals surface area (Å²) in [6.45, 7) is 3.48. The normalized spacial score (nSPS) is 11.1. The molecule has 118 valence electrons. The lowest BCUT2D eigenvalue weighted by molar-refractivity contribution is 0.0372. The summed E-state index contributed by atoms with van der Waals surface area (Å²) in [5.41, 5.74) is 6.60. The van der Waals surface area contributed by atoms with Gasteiger partial charge in [-0.25, -0.2) is 4.79 Å². The van der Waals surface area contributed by atoms with E-state index < -0.39 is 5.97 Å². The van der Waals surface area contributed by atoms with Crippen molar-refractivity contribution in [2.75, 3.05) is 5.73 Å². The maximum atomic E-state index is 12.0. The highest BCUT2D eigenvalue weighted by atomic mass is 16.5. The number of hydrogen-bond acceptors (Lipinski definition) is 6. The van der Waals surface area contributed by atoms with Crippen LogP contribution in [0.5, 0.6) is 5.75 Å². The number of carbonyl (C=O) groups is 1. The van der Waals surface area contributed by atoms with Gasteiger partial charge in [-0.05, 0) is 26.0 Å². The largest absolute Gasteiger partial charge is 0.507 e. The van der Waals surface area contributed by atoms with Crippen LogP contribution in [0.3, 0.4) is 0 Å². The number of phenolic OH excluding ortho intramolecular Hbond substituents is 1. The number of esters is 1. The minimum absolute atomic E-state index is 0.0316. The SMILES string of the molecule is CC(C)OC(=O)c1nnn(-c2cccc3c(O)cccc23)c1N. The minimum Gasteiger partial charge on any atom is -0.507 e. The molecule has 0 aliphatic rings. The average molecular weight is 312 g/mol. The predicted octanol–water partition coefficient (Wildman–Crippen LogP) is 2.27. The Bertz CT molecular complexity index is 886. The average Bonchev–Trinajstić information content (AvgIpc) is 2.88. The van der Waals surface area contributed by atoms with Crippen molar-refractivity contribution in [3.63, 3.8) is 0 Å². The number of hydrogen-bond donors (Lipinski definition) is 2. The molecule has 0 atom stereocenters. The Morgan fingerprint density at radius 1 is 1.22 bits per heavy atom. The van der Waals surface area contributed by atoms with Crippen LogP contribution < -0.4 is 5.73 Å². The van der Waals surface area contributed by atoms with Gasteiger partial charge in [0.2, 0.25) is 5.69 Å². The van der Waals surface area contributed by atoms with Crippen LogP contribution in [0.4, 0.5) is 5.82 Å². The van der Waals surface area contributed by atoms with Crippen LogP contribution in [-0.2, 0) is 4.74 Å². The molecule has 0 fully saturated rings. The molecule has 0 radical (unpaired) electrons. The zero-order valence-electron chi connectivity index (χ0n) is 12.7. The lowest BCUT2D eigenvalue weighted by Crippen LogP contribution is -2.14. The second-order valence-electron chi connectivity index (χ2n) is 5.34. The van der Waals surface area contributed by atoms with Crippen LogP contribution in [-0.4, -0.2) is 32.2 Å². The number of benzene rings is 2. The molecule has 0 amide bonds. The summed E-state index contributed by atoms with van der Waals surface area (Å²) in [5.74, 6) is -0.374. The van der Waals surface area contributed by atoms with Gasteiger partial charge in [-0.15, -0.1) is 5.10 Å². The molecule has 0 aliphatic carbocycles. The second-order valence-corrected chi connectivity index (χ2v) is 5.34. The van der Waals surface area contributed by atoms with Crippen LogP contribution >= 0.6 is 0 Å². The highest BCUT2D eigenvalue weighted by Gasteiger charge is 2.21. The number of aromatic hydroxyl groups is 1. The van der Waals surface area contributed by atoms with Crippen molar-refractivity contribution in [1.82, 2.24) is 15.0 Å².